The highest BCUT2D eigenvalue weighted by molar-refractivity contribution is 6.02. The van der Waals surface area contributed by atoms with Crippen molar-refractivity contribution in [1.29, 1.82) is 0 Å². The summed E-state index contributed by atoms with van der Waals surface area (Å²) in [6.07, 6.45) is 3.38. The van der Waals surface area contributed by atoms with Gasteiger partial charge in [0, 0.05) is 43.6 Å². The van der Waals surface area contributed by atoms with Crippen molar-refractivity contribution in [3.63, 3.8) is 0 Å². The number of carbonyl (C=O) groups is 1. The van der Waals surface area contributed by atoms with Crippen LogP contribution in [-0.4, -0.2) is 43.5 Å². The van der Waals surface area contributed by atoms with Crippen LogP contribution in [0.1, 0.15) is 12.5 Å². The summed E-state index contributed by atoms with van der Waals surface area (Å²) in [5.74, 6) is -0.117. The lowest BCUT2D eigenvalue weighted by atomic mass is 10.2. The molecule has 0 atom stereocenters. The van der Waals surface area contributed by atoms with Crippen molar-refractivity contribution in [2.75, 3.05) is 42.9 Å². The van der Waals surface area contributed by atoms with Crippen LogP contribution < -0.4 is 10.2 Å². The van der Waals surface area contributed by atoms with Gasteiger partial charge in [0.2, 0.25) is 5.91 Å². The van der Waals surface area contributed by atoms with Crippen LogP contribution >= 0.6 is 0 Å². The number of anilines is 2. The molecule has 1 fully saturated rings. The molecule has 0 aliphatic carbocycles. The van der Waals surface area contributed by atoms with E-state index < -0.39 is 0 Å². The standard InChI is InChI=1S/C21H25N3O/c1-2-23-14-16-24(17-15-23)20-11-9-19(10-12-20)22-21(25)13-8-18-6-4-3-5-7-18/h3-13H,2,14-17H2,1H3,(H,22,25). The molecular weight excluding hydrogens is 310 g/mol. The molecule has 1 N–H and O–H groups in total. The first-order chi connectivity index (χ1) is 12.2. The Kier molecular flexibility index (Phi) is 5.86. The molecule has 25 heavy (non-hydrogen) atoms. The fourth-order valence-electron chi connectivity index (χ4n) is 3.00. The number of nitrogens with one attached hydrogen (secondary N) is 1. The first kappa shape index (κ1) is 17.2. The van der Waals surface area contributed by atoms with Gasteiger partial charge in [-0.25, -0.2) is 0 Å². The summed E-state index contributed by atoms with van der Waals surface area (Å²) in [4.78, 5) is 16.9. The Balaban J connectivity index is 1.54. The van der Waals surface area contributed by atoms with Crippen molar-refractivity contribution in [2.45, 2.75) is 6.92 Å². The predicted octanol–water partition coefficient (Wildman–Crippen LogP) is 3.48. The second kappa shape index (κ2) is 8.49. The number of piperazine rings is 1. The molecule has 1 aliphatic rings. The maximum atomic E-state index is 12.0. The highest BCUT2D eigenvalue weighted by Crippen LogP contribution is 2.19. The van der Waals surface area contributed by atoms with E-state index in [-0.39, 0.29) is 5.91 Å². The zero-order chi connectivity index (χ0) is 17.5. The van der Waals surface area contributed by atoms with E-state index in [0.29, 0.717) is 0 Å². The lowest BCUT2D eigenvalue weighted by Gasteiger charge is -2.35. The van der Waals surface area contributed by atoms with Crippen molar-refractivity contribution < 1.29 is 4.79 Å². The third-order valence-electron chi connectivity index (χ3n) is 4.55. The monoisotopic (exact) mass is 335 g/mol. The van der Waals surface area contributed by atoms with Crippen LogP contribution in [-0.2, 0) is 4.79 Å². The Labute approximate surface area is 149 Å². The lowest BCUT2D eigenvalue weighted by Crippen LogP contribution is -2.46. The predicted molar refractivity (Wildman–Crippen MR) is 105 cm³/mol. The number of nitrogens with zero attached hydrogens (tertiary/aromatic N) is 2. The number of benzene rings is 2. The van der Waals surface area contributed by atoms with Gasteiger partial charge in [-0.1, -0.05) is 37.3 Å². The number of likely N-dealkylation sites (N-methyl/N-ethyl adjacent to an activating group) is 1. The van der Waals surface area contributed by atoms with Crippen molar-refractivity contribution >= 4 is 23.4 Å². The molecule has 1 amide bonds. The molecule has 4 nitrogen and oxygen atoms in total. The van der Waals surface area contributed by atoms with E-state index in [9.17, 15) is 4.79 Å². The minimum Gasteiger partial charge on any atom is -0.369 e. The van der Waals surface area contributed by atoms with Crippen LogP contribution in [0.4, 0.5) is 11.4 Å². The molecule has 0 radical (unpaired) electrons. The summed E-state index contributed by atoms with van der Waals surface area (Å²) >= 11 is 0. The Bertz CT molecular complexity index is 702. The van der Waals surface area contributed by atoms with Gasteiger partial charge >= 0.3 is 0 Å². The molecule has 130 valence electrons. The summed E-state index contributed by atoms with van der Waals surface area (Å²) in [5.41, 5.74) is 3.05. The van der Waals surface area contributed by atoms with Gasteiger partial charge in [0.25, 0.3) is 0 Å². The van der Waals surface area contributed by atoms with Gasteiger partial charge in [-0.15, -0.1) is 0 Å². The number of hydrogen-bond acceptors (Lipinski definition) is 3. The van der Waals surface area contributed by atoms with Gasteiger partial charge in [-0.2, -0.15) is 0 Å². The second-order valence-electron chi connectivity index (χ2n) is 6.20. The Morgan fingerprint density at radius 2 is 1.68 bits per heavy atom. The number of rotatable bonds is 5. The summed E-state index contributed by atoms with van der Waals surface area (Å²) in [5, 5.41) is 2.91. The quantitative estimate of drug-likeness (QED) is 0.850. The molecule has 2 aromatic carbocycles. The lowest BCUT2D eigenvalue weighted by molar-refractivity contribution is -0.111. The Hall–Kier alpha value is -2.59. The van der Waals surface area contributed by atoms with E-state index in [1.165, 1.54) is 5.69 Å². The van der Waals surface area contributed by atoms with Gasteiger partial charge in [-0.3, -0.25) is 4.79 Å². The van der Waals surface area contributed by atoms with E-state index >= 15 is 0 Å². The molecule has 1 aliphatic heterocycles. The summed E-state index contributed by atoms with van der Waals surface area (Å²) in [6.45, 7) is 7.66. The van der Waals surface area contributed by atoms with Crippen molar-refractivity contribution in [2.24, 2.45) is 0 Å². The minimum atomic E-state index is -0.117. The van der Waals surface area contributed by atoms with Crippen LogP contribution in [0.5, 0.6) is 0 Å². The largest absolute Gasteiger partial charge is 0.369 e. The first-order valence-corrected chi connectivity index (χ1v) is 8.86. The SMILES string of the molecule is CCN1CCN(c2ccc(NC(=O)C=Cc3ccccc3)cc2)CC1. The zero-order valence-electron chi connectivity index (χ0n) is 14.7. The maximum absolute atomic E-state index is 12.0. The van der Waals surface area contributed by atoms with Crippen LogP contribution in [0.25, 0.3) is 6.08 Å². The number of amides is 1. The van der Waals surface area contributed by atoms with E-state index in [1.54, 1.807) is 6.08 Å². The Morgan fingerprint density at radius 1 is 1.00 bits per heavy atom. The summed E-state index contributed by atoms with van der Waals surface area (Å²) in [7, 11) is 0. The van der Waals surface area contributed by atoms with E-state index in [4.69, 9.17) is 0 Å². The van der Waals surface area contributed by atoms with Crippen LogP contribution in [0.3, 0.4) is 0 Å². The van der Waals surface area contributed by atoms with Gasteiger partial charge in [0.05, 0.1) is 0 Å². The molecule has 1 saturated heterocycles. The molecular formula is C21H25N3O. The van der Waals surface area contributed by atoms with Crippen molar-refractivity contribution in [1.82, 2.24) is 4.90 Å². The van der Waals surface area contributed by atoms with Gasteiger partial charge in [0.15, 0.2) is 0 Å². The Morgan fingerprint density at radius 3 is 2.32 bits per heavy atom. The molecule has 0 unspecified atom stereocenters. The van der Waals surface area contributed by atoms with Crippen LogP contribution in [0, 0.1) is 0 Å². The topological polar surface area (TPSA) is 35.6 Å². The van der Waals surface area contributed by atoms with E-state index in [2.05, 4.69) is 34.2 Å². The fraction of sp³-hybridized carbons (Fsp3) is 0.286. The maximum Gasteiger partial charge on any atom is 0.248 e. The van der Waals surface area contributed by atoms with E-state index in [1.807, 2.05) is 48.5 Å². The number of carbonyl (C=O) groups excluding carboxylic acids is 1. The van der Waals surface area contributed by atoms with Crippen molar-refractivity contribution in [3.8, 4) is 0 Å². The van der Waals surface area contributed by atoms with Gasteiger partial charge in [-0.05, 0) is 42.4 Å². The normalized spacial score (nSPS) is 15.5. The fourth-order valence-corrected chi connectivity index (χ4v) is 3.00. The van der Waals surface area contributed by atoms with Crippen LogP contribution in [0.2, 0.25) is 0 Å². The number of hydrogen-bond donors (Lipinski definition) is 1. The van der Waals surface area contributed by atoms with Gasteiger partial charge in [0.1, 0.15) is 0 Å². The average molecular weight is 335 g/mol. The molecule has 1 heterocycles. The third-order valence-corrected chi connectivity index (χ3v) is 4.55. The highest BCUT2D eigenvalue weighted by atomic mass is 16.1. The zero-order valence-corrected chi connectivity index (χ0v) is 14.7. The second-order valence-corrected chi connectivity index (χ2v) is 6.20. The van der Waals surface area contributed by atoms with Crippen molar-refractivity contribution in [3.05, 3.63) is 66.2 Å². The summed E-state index contributed by atoms with van der Waals surface area (Å²) < 4.78 is 0. The molecule has 0 bridgehead atoms. The third kappa shape index (κ3) is 4.94. The van der Waals surface area contributed by atoms with Crippen LogP contribution in [0.15, 0.2) is 60.7 Å². The minimum absolute atomic E-state index is 0.117. The van der Waals surface area contributed by atoms with E-state index in [0.717, 1.165) is 44.0 Å². The molecule has 0 spiro atoms. The molecule has 0 aromatic heterocycles. The highest BCUT2D eigenvalue weighted by Gasteiger charge is 2.15. The summed E-state index contributed by atoms with van der Waals surface area (Å²) in [6, 6.07) is 17.9. The average Bonchev–Trinajstić information content (AvgIpc) is 2.68. The molecule has 0 saturated carbocycles. The van der Waals surface area contributed by atoms with Gasteiger partial charge < -0.3 is 15.1 Å². The molecule has 4 heteroatoms. The first-order valence-electron chi connectivity index (χ1n) is 8.86. The molecule has 3 rings (SSSR count). The smallest absolute Gasteiger partial charge is 0.248 e. The molecule has 2 aromatic rings.